The molecule has 0 amide bonds. The van der Waals surface area contributed by atoms with Gasteiger partial charge >= 0.3 is 5.97 Å². The van der Waals surface area contributed by atoms with E-state index in [1.165, 1.54) is 0 Å². The zero-order chi connectivity index (χ0) is 13.1. The normalized spacial score (nSPS) is 20.9. The van der Waals surface area contributed by atoms with Crippen molar-refractivity contribution in [3.8, 4) is 0 Å². The number of allylic oxidation sites excluding steroid dienone is 1. The Labute approximate surface area is 103 Å². The zero-order valence-corrected chi connectivity index (χ0v) is 11.2. The van der Waals surface area contributed by atoms with E-state index < -0.39 is 5.60 Å². The van der Waals surface area contributed by atoms with Gasteiger partial charge in [0.2, 0.25) is 0 Å². The number of esters is 1. The summed E-state index contributed by atoms with van der Waals surface area (Å²) < 4.78 is 5.23. The van der Waals surface area contributed by atoms with Crippen LogP contribution in [0, 0.1) is 5.92 Å². The Morgan fingerprint density at radius 2 is 1.76 bits per heavy atom. The Morgan fingerprint density at radius 3 is 2.18 bits per heavy atom. The fraction of sp³-hybridized carbons (Fsp3) is 0.714. The lowest BCUT2D eigenvalue weighted by Crippen LogP contribution is -2.23. The van der Waals surface area contributed by atoms with Crippen LogP contribution in [-0.2, 0) is 14.3 Å². The maximum Gasteiger partial charge on any atom is 0.331 e. The molecule has 1 rings (SSSR count). The molecule has 0 aromatic rings. The summed E-state index contributed by atoms with van der Waals surface area (Å²) >= 11 is 0. The number of rotatable bonds is 2. The van der Waals surface area contributed by atoms with E-state index >= 15 is 0 Å². The molecule has 0 heterocycles. The minimum Gasteiger partial charge on any atom is -0.457 e. The average Bonchev–Trinajstić information content (AvgIpc) is 2.15. The number of ether oxygens (including phenoxy) is 1. The smallest absolute Gasteiger partial charge is 0.331 e. The van der Waals surface area contributed by atoms with E-state index in [9.17, 15) is 9.59 Å². The number of carbonyl (C=O) groups is 2. The zero-order valence-electron chi connectivity index (χ0n) is 11.2. The van der Waals surface area contributed by atoms with Crippen molar-refractivity contribution in [3.63, 3.8) is 0 Å². The van der Waals surface area contributed by atoms with Crippen LogP contribution in [0.2, 0.25) is 0 Å². The maximum atomic E-state index is 11.6. The summed E-state index contributed by atoms with van der Waals surface area (Å²) in [4.78, 5) is 22.8. The molecule has 0 atom stereocenters. The monoisotopic (exact) mass is 238 g/mol. The maximum absolute atomic E-state index is 11.6. The molecular formula is C14H22O3. The summed E-state index contributed by atoms with van der Waals surface area (Å²) in [5.74, 6) is 0.181. The predicted octanol–water partition coefficient (Wildman–Crippen LogP) is 3.03. The van der Waals surface area contributed by atoms with Crippen LogP contribution in [-0.4, -0.2) is 17.4 Å². The fourth-order valence-electron chi connectivity index (χ4n) is 2.04. The van der Waals surface area contributed by atoms with Crippen molar-refractivity contribution >= 4 is 11.8 Å². The van der Waals surface area contributed by atoms with E-state index in [1.54, 1.807) is 13.0 Å². The van der Waals surface area contributed by atoms with Crippen molar-refractivity contribution in [2.24, 2.45) is 5.92 Å². The number of Topliss-reactive ketones (excluding diaryl/α,β-unsaturated/α-hetero) is 1. The Morgan fingerprint density at radius 1 is 1.24 bits per heavy atom. The summed E-state index contributed by atoms with van der Waals surface area (Å²) in [7, 11) is 0. The first-order chi connectivity index (χ1) is 7.78. The van der Waals surface area contributed by atoms with Crippen LogP contribution in [0.5, 0.6) is 0 Å². The Kier molecular flexibility index (Phi) is 4.49. The van der Waals surface area contributed by atoms with Gasteiger partial charge in [0.15, 0.2) is 0 Å². The van der Waals surface area contributed by atoms with Gasteiger partial charge in [0.05, 0.1) is 0 Å². The van der Waals surface area contributed by atoms with E-state index in [0.29, 0.717) is 0 Å². The largest absolute Gasteiger partial charge is 0.457 e. The molecule has 0 aromatic carbocycles. The molecule has 1 fully saturated rings. The van der Waals surface area contributed by atoms with Gasteiger partial charge in [-0.05, 0) is 53.4 Å². The molecule has 17 heavy (non-hydrogen) atoms. The molecule has 0 bridgehead atoms. The van der Waals surface area contributed by atoms with Crippen molar-refractivity contribution in [2.75, 3.05) is 0 Å². The lowest BCUT2D eigenvalue weighted by atomic mass is 9.83. The van der Waals surface area contributed by atoms with Crippen molar-refractivity contribution < 1.29 is 14.3 Å². The molecule has 0 unspecified atom stereocenters. The standard InChI is InChI=1S/C14H22O3/c1-10(15)12-7-5-11(6-8-12)9-13(16)17-14(2,3)4/h9,12H,5-8H2,1-4H3. The lowest BCUT2D eigenvalue weighted by Gasteiger charge is -2.22. The SMILES string of the molecule is CC(=O)C1CCC(=CC(=O)OC(C)(C)C)CC1. The molecule has 1 aliphatic carbocycles. The molecule has 0 spiro atoms. The van der Waals surface area contributed by atoms with Crippen molar-refractivity contribution in [3.05, 3.63) is 11.6 Å². The lowest BCUT2D eigenvalue weighted by molar-refractivity contribution is -0.148. The van der Waals surface area contributed by atoms with Crippen LogP contribution < -0.4 is 0 Å². The van der Waals surface area contributed by atoms with Gasteiger partial charge in [-0.15, -0.1) is 0 Å². The van der Waals surface area contributed by atoms with Gasteiger partial charge in [0, 0.05) is 12.0 Å². The number of hydrogen-bond acceptors (Lipinski definition) is 3. The first kappa shape index (κ1) is 13.9. The Hall–Kier alpha value is -1.12. The minimum absolute atomic E-state index is 0.186. The highest BCUT2D eigenvalue weighted by molar-refractivity contribution is 5.83. The highest BCUT2D eigenvalue weighted by Gasteiger charge is 2.21. The summed E-state index contributed by atoms with van der Waals surface area (Å²) in [5.41, 5.74) is 0.668. The van der Waals surface area contributed by atoms with Gasteiger partial charge in [0.1, 0.15) is 11.4 Å². The molecule has 1 saturated carbocycles. The van der Waals surface area contributed by atoms with Crippen molar-refractivity contribution in [1.82, 2.24) is 0 Å². The Bertz CT molecular complexity index is 324. The highest BCUT2D eigenvalue weighted by Crippen LogP contribution is 2.28. The molecule has 1 aliphatic rings. The van der Waals surface area contributed by atoms with Gasteiger partial charge in [0.25, 0.3) is 0 Å². The molecule has 0 N–H and O–H groups in total. The van der Waals surface area contributed by atoms with E-state index in [4.69, 9.17) is 4.74 Å². The second-order valence-electron chi connectivity index (χ2n) is 5.72. The van der Waals surface area contributed by atoms with Gasteiger partial charge in [-0.1, -0.05) is 5.57 Å². The number of ketones is 1. The molecule has 0 saturated heterocycles. The number of carbonyl (C=O) groups excluding carboxylic acids is 2. The Balaban J connectivity index is 2.48. The first-order valence-electron chi connectivity index (χ1n) is 6.21. The van der Waals surface area contributed by atoms with Crippen molar-refractivity contribution in [1.29, 1.82) is 0 Å². The van der Waals surface area contributed by atoms with Crippen LogP contribution in [0.4, 0.5) is 0 Å². The van der Waals surface area contributed by atoms with Gasteiger partial charge in [-0.25, -0.2) is 4.79 Å². The summed E-state index contributed by atoms with van der Waals surface area (Å²) in [6.45, 7) is 7.22. The molecule has 0 radical (unpaired) electrons. The summed E-state index contributed by atoms with van der Waals surface area (Å²) in [6, 6.07) is 0. The molecule has 0 aromatic heterocycles. The second kappa shape index (κ2) is 5.48. The molecule has 3 nitrogen and oxygen atoms in total. The highest BCUT2D eigenvalue weighted by atomic mass is 16.6. The quantitative estimate of drug-likeness (QED) is 0.548. The van der Waals surface area contributed by atoms with E-state index in [-0.39, 0.29) is 17.7 Å². The molecule has 96 valence electrons. The fourth-order valence-corrected chi connectivity index (χ4v) is 2.04. The van der Waals surface area contributed by atoms with Crippen LogP contribution >= 0.6 is 0 Å². The van der Waals surface area contributed by atoms with E-state index in [2.05, 4.69) is 0 Å². The molecular weight excluding hydrogens is 216 g/mol. The molecule has 0 aliphatic heterocycles. The van der Waals surface area contributed by atoms with Crippen molar-refractivity contribution in [2.45, 2.75) is 59.0 Å². The van der Waals surface area contributed by atoms with E-state index in [1.807, 2.05) is 20.8 Å². The summed E-state index contributed by atoms with van der Waals surface area (Å²) in [5, 5.41) is 0. The number of hydrogen-bond donors (Lipinski definition) is 0. The van der Waals surface area contributed by atoms with E-state index in [0.717, 1.165) is 31.3 Å². The van der Waals surface area contributed by atoms with Crippen LogP contribution in [0.25, 0.3) is 0 Å². The summed E-state index contributed by atoms with van der Waals surface area (Å²) in [6.07, 6.45) is 5.00. The molecule has 3 heteroatoms. The third-order valence-electron chi connectivity index (χ3n) is 2.93. The van der Waals surface area contributed by atoms with Crippen LogP contribution in [0.15, 0.2) is 11.6 Å². The topological polar surface area (TPSA) is 43.4 Å². The first-order valence-corrected chi connectivity index (χ1v) is 6.21. The second-order valence-corrected chi connectivity index (χ2v) is 5.72. The third-order valence-corrected chi connectivity index (χ3v) is 2.93. The average molecular weight is 238 g/mol. The minimum atomic E-state index is -0.440. The predicted molar refractivity (Wildman–Crippen MR) is 66.6 cm³/mol. The van der Waals surface area contributed by atoms with Gasteiger partial charge in [-0.3, -0.25) is 4.79 Å². The van der Waals surface area contributed by atoms with Gasteiger partial charge < -0.3 is 4.74 Å². The third kappa shape index (κ3) is 5.16. The van der Waals surface area contributed by atoms with Crippen LogP contribution in [0.1, 0.15) is 53.4 Å². The van der Waals surface area contributed by atoms with Crippen LogP contribution in [0.3, 0.4) is 0 Å². The van der Waals surface area contributed by atoms with Gasteiger partial charge in [-0.2, -0.15) is 0 Å².